The van der Waals surface area contributed by atoms with E-state index in [9.17, 15) is 4.79 Å². The topological polar surface area (TPSA) is 29.1 Å². The molecule has 98 valence electrons. The number of anilines is 1. The van der Waals surface area contributed by atoms with Crippen LogP contribution < -0.4 is 5.32 Å². The van der Waals surface area contributed by atoms with Gasteiger partial charge in [0.25, 0.3) is 5.91 Å². The van der Waals surface area contributed by atoms with Crippen LogP contribution in [0.1, 0.15) is 21.5 Å². The van der Waals surface area contributed by atoms with Gasteiger partial charge in [0.15, 0.2) is 0 Å². The number of aryl methyl sites for hydroxylation is 1. The highest BCUT2D eigenvalue weighted by Gasteiger charge is 2.09. The number of hydrogen-bond acceptors (Lipinski definition) is 1. The van der Waals surface area contributed by atoms with E-state index >= 15 is 0 Å². The summed E-state index contributed by atoms with van der Waals surface area (Å²) in [6.07, 6.45) is 0. The van der Waals surface area contributed by atoms with Crippen molar-refractivity contribution in [1.29, 1.82) is 0 Å². The standard InChI is InChI=1S/C15H13Br2NO/c1-10-2-5-12(17)8-14(10)15(19)18-13-6-3-11(9-16)4-7-13/h2-8H,9H2,1H3,(H,18,19). The lowest BCUT2D eigenvalue weighted by molar-refractivity contribution is 0.102. The Morgan fingerprint density at radius 1 is 1.16 bits per heavy atom. The summed E-state index contributed by atoms with van der Waals surface area (Å²) in [5, 5.41) is 3.71. The molecule has 2 aromatic carbocycles. The molecular formula is C15H13Br2NO. The Kier molecular flexibility index (Phi) is 4.77. The first kappa shape index (κ1) is 14.3. The third-order valence-electron chi connectivity index (χ3n) is 2.81. The van der Waals surface area contributed by atoms with Crippen molar-refractivity contribution in [3.05, 3.63) is 63.6 Å². The van der Waals surface area contributed by atoms with Gasteiger partial charge in [-0.05, 0) is 42.3 Å². The summed E-state index contributed by atoms with van der Waals surface area (Å²) in [6.45, 7) is 1.93. The van der Waals surface area contributed by atoms with Crippen molar-refractivity contribution in [2.24, 2.45) is 0 Å². The van der Waals surface area contributed by atoms with E-state index in [-0.39, 0.29) is 5.91 Å². The van der Waals surface area contributed by atoms with Gasteiger partial charge in [0, 0.05) is 21.1 Å². The molecule has 0 fully saturated rings. The molecule has 0 aliphatic rings. The highest BCUT2D eigenvalue weighted by atomic mass is 79.9. The van der Waals surface area contributed by atoms with Crippen molar-refractivity contribution in [3.63, 3.8) is 0 Å². The van der Waals surface area contributed by atoms with E-state index in [4.69, 9.17) is 0 Å². The van der Waals surface area contributed by atoms with Gasteiger partial charge in [-0.15, -0.1) is 0 Å². The molecule has 0 saturated carbocycles. The van der Waals surface area contributed by atoms with E-state index in [1.807, 2.05) is 49.4 Å². The molecule has 0 radical (unpaired) electrons. The molecule has 0 aromatic heterocycles. The molecule has 0 unspecified atom stereocenters. The summed E-state index contributed by atoms with van der Waals surface area (Å²) in [5.74, 6) is -0.0922. The third-order valence-corrected chi connectivity index (χ3v) is 3.95. The van der Waals surface area contributed by atoms with Crippen LogP contribution in [0.4, 0.5) is 5.69 Å². The van der Waals surface area contributed by atoms with Gasteiger partial charge in [0.1, 0.15) is 0 Å². The molecule has 1 amide bonds. The average Bonchev–Trinajstić information content (AvgIpc) is 2.42. The van der Waals surface area contributed by atoms with E-state index in [0.717, 1.165) is 21.1 Å². The number of carbonyl (C=O) groups excluding carboxylic acids is 1. The molecular weight excluding hydrogens is 370 g/mol. The largest absolute Gasteiger partial charge is 0.322 e. The first-order valence-corrected chi connectivity index (χ1v) is 7.74. The third kappa shape index (κ3) is 3.67. The molecule has 1 N–H and O–H groups in total. The van der Waals surface area contributed by atoms with Crippen molar-refractivity contribution >= 4 is 43.5 Å². The van der Waals surface area contributed by atoms with Gasteiger partial charge in [-0.1, -0.05) is 50.1 Å². The number of nitrogens with one attached hydrogen (secondary N) is 1. The van der Waals surface area contributed by atoms with Crippen molar-refractivity contribution in [2.75, 3.05) is 5.32 Å². The highest BCUT2D eigenvalue weighted by molar-refractivity contribution is 9.10. The second-order valence-corrected chi connectivity index (χ2v) is 5.72. The van der Waals surface area contributed by atoms with Crippen LogP contribution >= 0.6 is 31.9 Å². The van der Waals surface area contributed by atoms with E-state index in [0.29, 0.717) is 5.56 Å². The Morgan fingerprint density at radius 3 is 2.47 bits per heavy atom. The Morgan fingerprint density at radius 2 is 1.84 bits per heavy atom. The summed E-state index contributed by atoms with van der Waals surface area (Å²) in [6, 6.07) is 13.5. The van der Waals surface area contributed by atoms with E-state index in [1.165, 1.54) is 5.56 Å². The number of halogens is 2. The minimum Gasteiger partial charge on any atom is -0.322 e. The average molecular weight is 383 g/mol. The maximum atomic E-state index is 12.2. The number of amides is 1. The summed E-state index contributed by atoms with van der Waals surface area (Å²) in [5.41, 5.74) is 3.61. The van der Waals surface area contributed by atoms with Gasteiger partial charge >= 0.3 is 0 Å². The molecule has 0 spiro atoms. The Bertz CT molecular complexity index is 594. The zero-order valence-corrected chi connectivity index (χ0v) is 13.6. The summed E-state index contributed by atoms with van der Waals surface area (Å²) in [4.78, 5) is 12.2. The van der Waals surface area contributed by atoms with Gasteiger partial charge < -0.3 is 5.32 Å². The lowest BCUT2D eigenvalue weighted by atomic mass is 10.1. The van der Waals surface area contributed by atoms with Crippen LogP contribution in [0.15, 0.2) is 46.9 Å². The fourth-order valence-corrected chi connectivity index (χ4v) is 2.45. The lowest BCUT2D eigenvalue weighted by Crippen LogP contribution is -2.13. The fraction of sp³-hybridized carbons (Fsp3) is 0.133. The summed E-state index contributed by atoms with van der Waals surface area (Å²) >= 11 is 6.78. The molecule has 0 heterocycles. The van der Waals surface area contributed by atoms with Gasteiger partial charge in [-0.3, -0.25) is 4.79 Å². The Hall–Kier alpha value is -1.13. The smallest absolute Gasteiger partial charge is 0.255 e. The molecule has 2 nitrogen and oxygen atoms in total. The van der Waals surface area contributed by atoms with Gasteiger partial charge in [0.2, 0.25) is 0 Å². The van der Waals surface area contributed by atoms with E-state index in [2.05, 4.69) is 37.2 Å². The second kappa shape index (κ2) is 6.35. The summed E-state index contributed by atoms with van der Waals surface area (Å²) in [7, 11) is 0. The Labute approximate surface area is 129 Å². The number of benzene rings is 2. The van der Waals surface area contributed by atoms with Crippen LogP contribution in [-0.2, 0) is 5.33 Å². The Balaban J connectivity index is 2.18. The molecule has 4 heteroatoms. The maximum absolute atomic E-state index is 12.2. The predicted molar refractivity (Wildman–Crippen MR) is 85.9 cm³/mol. The normalized spacial score (nSPS) is 10.3. The van der Waals surface area contributed by atoms with Crippen molar-refractivity contribution in [1.82, 2.24) is 0 Å². The number of alkyl halides is 1. The second-order valence-electron chi connectivity index (χ2n) is 4.24. The quantitative estimate of drug-likeness (QED) is 0.751. The van der Waals surface area contributed by atoms with Crippen LogP contribution in [0.3, 0.4) is 0 Å². The van der Waals surface area contributed by atoms with E-state index in [1.54, 1.807) is 0 Å². The fourth-order valence-electron chi connectivity index (χ4n) is 1.71. The zero-order valence-electron chi connectivity index (χ0n) is 10.4. The molecule has 19 heavy (non-hydrogen) atoms. The zero-order chi connectivity index (χ0) is 13.8. The van der Waals surface area contributed by atoms with Crippen molar-refractivity contribution in [2.45, 2.75) is 12.3 Å². The van der Waals surface area contributed by atoms with Gasteiger partial charge in [-0.25, -0.2) is 0 Å². The van der Waals surface area contributed by atoms with Crippen LogP contribution in [-0.4, -0.2) is 5.91 Å². The molecule has 0 aliphatic carbocycles. The first-order chi connectivity index (χ1) is 9.10. The molecule has 0 atom stereocenters. The summed E-state index contributed by atoms with van der Waals surface area (Å²) < 4.78 is 0.901. The molecule has 0 aliphatic heterocycles. The SMILES string of the molecule is Cc1ccc(Br)cc1C(=O)Nc1ccc(CBr)cc1. The number of carbonyl (C=O) groups is 1. The van der Waals surface area contributed by atoms with Crippen molar-refractivity contribution in [3.8, 4) is 0 Å². The highest BCUT2D eigenvalue weighted by Crippen LogP contribution is 2.18. The monoisotopic (exact) mass is 381 g/mol. The number of hydrogen-bond donors (Lipinski definition) is 1. The van der Waals surface area contributed by atoms with Crippen molar-refractivity contribution < 1.29 is 4.79 Å². The molecule has 0 bridgehead atoms. The minimum atomic E-state index is -0.0922. The van der Waals surface area contributed by atoms with Crippen LogP contribution in [0.5, 0.6) is 0 Å². The predicted octanol–water partition coefficient (Wildman–Crippen LogP) is 4.90. The van der Waals surface area contributed by atoms with Gasteiger partial charge in [-0.2, -0.15) is 0 Å². The molecule has 2 rings (SSSR count). The lowest BCUT2D eigenvalue weighted by Gasteiger charge is -2.08. The van der Waals surface area contributed by atoms with Gasteiger partial charge in [0.05, 0.1) is 0 Å². The van der Waals surface area contributed by atoms with Crippen LogP contribution in [0.2, 0.25) is 0 Å². The molecule has 0 saturated heterocycles. The van der Waals surface area contributed by atoms with Crippen LogP contribution in [0, 0.1) is 6.92 Å². The van der Waals surface area contributed by atoms with Crippen LogP contribution in [0.25, 0.3) is 0 Å². The first-order valence-electron chi connectivity index (χ1n) is 5.82. The van der Waals surface area contributed by atoms with E-state index < -0.39 is 0 Å². The number of rotatable bonds is 3. The molecule has 2 aromatic rings. The maximum Gasteiger partial charge on any atom is 0.255 e. The minimum absolute atomic E-state index is 0.0922.